The molecule has 1 saturated carbocycles. The average molecular weight is 582 g/mol. The number of amides is 3. The van der Waals surface area contributed by atoms with E-state index in [1.165, 1.54) is 32.1 Å². The second-order valence-corrected chi connectivity index (χ2v) is 13.7. The molecule has 0 aromatic rings. The Bertz CT molecular complexity index is 815. The van der Waals surface area contributed by atoms with Crippen molar-refractivity contribution in [1.82, 2.24) is 16.0 Å². The quantitative estimate of drug-likeness (QED) is 0.124. The van der Waals surface area contributed by atoms with Gasteiger partial charge in [-0.2, -0.15) is 0 Å². The molecule has 2 rings (SSSR count). The number of rotatable bonds is 15. The number of hydrogen-bond acceptors (Lipinski definition) is 6. The first-order valence-electron chi connectivity index (χ1n) is 16.1. The summed E-state index contributed by atoms with van der Waals surface area (Å²) in [5, 5.41) is 8.98. The van der Waals surface area contributed by atoms with Gasteiger partial charge in [-0.3, -0.25) is 9.59 Å². The van der Waals surface area contributed by atoms with Gasteiger partial charge in [0, 0.05) is 18.0 Å². The summed E-state index contributed by atoms with van der Waals surface area (Å²) in [6.45, 7) is 14.6. The van der Waals surface area contributed by atoms with Crippen molar-refractivity contribution in [2.24, 2.45) is 11.3 Å². The lowest BCUT2D eigenvalue weighted by molar-refractivity contribution is -0.304. The maximum absolute atomic E-state index is 12.8. The number of carbonyl (C=O) groups excluding carboxylic acids is 3. The Balaban J connectivity index is 1.72. The molecule has 41 heavy (non-hydrogen) atoms. The van der Waals surface area contributed by atoms with Crippen molar-refractivity contribution in [1.29, 1.82) is 0 Å². The minimum absolute atomic E-state index is 0.0582. The lowest BCUT2D eigenvalue weighted by Gasteiger charge is -2.44. The zero-order chi connectivity index (χ0) is 30.5. The molecule has 0 radical (unpaired) electrons. The molecule has 3 N–H and O–H groups in total. The number of unbranched alkanes of at least 4 members (excludes halogenated alkanes) is 4. The summed E-state index contributed by atoms with van der Waals surface area (Å²) in [4.78, 5) is 38.3. The molecule has 4 unspecified atom stereocenters. The van der Waals surface area contributed by atoms with Crippen LogP contribution in [0.3, 0.4) is 0 Å². The Morgan fingerprint density at radius 3 is 2.27 bits per heavy atom. The molecule has 238 valence electrons. The van der Waals surface area contributed by atoms with Gasteiger partial charge < -0.3 is 30.2 Å². The van der Waals surface area contributed by atoms with Gasteiger partial charge in [0.05, 0.1) is 19.1 Å². The normalized spacial score (nSPS) is 24.6. The third kappa shape index (κ3) is 13.8. The predicted octanol–water partition coefficient (Wildman–Crippen LogP) is 5.99. The van der Waals surface area contributed by atoms with Gasteiger partial charge in [-0.1, -0.05) is 79.1 Å². The van der Waals surface area contributed by atoms with Gasteiger partial charge in [0.2, 0.25) is 5.91 Å². The largest absolute Gasteiger partial charge is 0.460 e. The molecule has 1 saturated heterocycles. The molecule has 1 aliphatic heterocycles. The van der Waals surface area contributed by atoms with Gasteiger partial charge in [-0.25, -0.2) is 4.79 Å². The average Bonchev–Trinajstić information content (AvgIpc) is 3.09. The molecule has 4 atom stereocenters. The molecule has 2 fully saturated rings. The van der Waals surface area contributed by atoms with E-state index in [0.29, 0.717) is 13.0 Å². The van der Waals surface area contributed by atoms with Crippen LogP contribution in [0.4, 0.5) is 4.79 Å². The predicted molar refractivity (Wildman–Crippen MR) is 161 cm³/mol. The van der Waals surface area contributed by atoms with Crippen molar-refractivity contribution < 1.29 is 28.6 Å². The zero-order valence-corrected chi connectivity index (χ0v) is 26.9. The standard InChI is InChI=1S/C32H59N3O6/c1-23(2)16-12-9-8-10-13-17-24(3)34-30(38)35-25-18-14-11-15-19-26(25)40-27(36)20-21-33-29(37)28-31(4,5)22-39-32(6,7)41-28/h23-26,28H,8-22H2,1-7H3,(H,33,37)(H2,34,35,38). The summed E-state index contributed by atoms with van der Waals surface area (Å²) in [5.41, 5.74) is -0.482. The van der Waals surface area contributed by atoms with E-state index in [2.05, 4.69) is 29.8 Å². The summed E-state index contributed by atoms with van der Waals surface area (Å²) in [5.74, 6) is -0.695. The Hall–Kier alpha value is -1.87. The van der Waals surface area contributed by atoms with Crippen molar-refractivity contribution in [2.75, 3.05) is 13.2 Å². The summed E-state index contributed by atoms with van der Waals surface area (Å²) >= 11 is 0. The molecule has 2 aliphatic rings. The SMILES string of the molecule is CC(C)CCCCCCCC(C)NC(=O)NC1CCCCCC1OC(=O)CCNC(=O)C1OC(C)(C)OCC1(C)C. The zero-order valence-electron chi connectivity index (χ0n) is 26.9. The van der Waals surface area contributed by atoms with Crippen molar-refractivity contribution in [3.8, 4) is 0 Å². The van der Waals surface area contributed by atoms with E-state index in [-0.39, 0.29) is 49.1 Å². The van der Waals surface area contributed by atoms with Gasteiger partial charge in [-0.15, -0.1) is 0 Å². The highest BCUT2D eigenvalue weighted by Crippen LogP contribution is 2.34. The summed E-state index contributed by atoms with van der Waals surface area (Å²) in [6, 6.07) is -0.323. The first-order chi connectivity index (χ1) is 19.3. The lowest BCUT2D eigenvalue weighted by Crippen LogP contribution is -2.56. The Kier molecular flexibility index (Phi) is 14.9. The Morgan fingerprint density at radius 1 is 0.902 bits per heavy atom. The smallest absolute Gasteiger partial charge is 0.315 e. The first-order valence-corrected chi connectivity index (χ1v) is 16.1. The van der Waals surface area contributed by atoms with E-state index >= 15 is 0 Å². The van der Waals surface area contributed by atoms with E-state index in [0.717, 1.165) is 44.4 Å². The topological polar surface area (TPSA) is 115 Å². The fourth-order valence-electron chi connectivity index (χ4n) is 5.55. The fourth-order valence-corrected chi connectivity index (χ4v) is 5.55. The number of ether oxygens (including phenoxy) is 3. The van der Waals surface area contributed by atoms with Crippen LogP contribution in [-0.2, 0) is 23.8 Å². The van der Waals surface area contributed by atoms with Crippen LogP contribution in [0.5, 0.6) is 0 Å². The molecular formula is C32H59N3O6. The second kappa shape index (κ2) is 17.3. The van der Waals surface area contributed by atoms with Crippen LogP contribution in [0.1, 0.15) is 132 Å². The molecule has 1 aliphatic carbocycles. The summed E-state index contributed by atoms with van der Waals surface area (Å²) < 4.78 is 17.4. The van der Waals surface area contributed by atoms with Crippen molar-refractivity contribution in [2.45, 2.75) is 162 Å². The van der Waals surface area contributed by atoms with Gasteiger partial charge in [0.25, 0.3) is 0 Å². The van der Waals surface area contributed by atoms with Crippen molar-refractivity contribution >= 4 is 17.9 Å². The highest BCUT2D eigenvalue weighted by Gasteiger charge is 2.45. The maximum atomic E-state index is 12.8. The number of urea groups is 1. The molecule has 1 heterocycles. The van der Waals surface area contributed by atoms with Crippen LogP contribution in [0.25, 0.3) is 0 Å². The van der Waals surface area contributed by atoms with Crippen molar-refractivity contribution in [3.63, 3.8) is 0 Å². The summed E-state index contributed by atoms with van der Waals surface area (Å²) in [7, 11) is 0. The van der Waals surface area contributed by atoms with Crippen molar-refractivity contribution in [3.05, 3.63) is 0 Å². The van der Waals surface area contributed by atoms with E-state index in [1.54, 1.807) is 13.8 Å². The van der Waals surface area contributed by atoms with Crippen LogP contribution >= 0.6 is 0 Å². The van der Waals surface area contributed by atoms with E-state index < -0.39 is 17.3 Å². The van der Waals surface area contributed by atoms with Crippen LogP contribution < -0.4 is 16.0 Å². The minimum Gasteiger partial charge on any atom is -0.460 e. The third-order valence-corrected chi connectivity index (χ3v) is 8.12. The Labute approximate surface area is 249 Å². The number of hydrogen-bond donors (Lipinski definition) is 3. The molecule has 0 aromatic carbocycles. The van der Waals surface area contributed by atoms with Crippen LogP contribution in [0.15, 0.2) is 0 Å². The van der Waals surface area contributed by atoms with Gasteiger partial charge in [0.1, 0.15) is 12.2 Å². The Morgan fingerprint density at radius 2 is 1.56 bits per heavy atom. The first kappa shape index (κ1) is 35.3. The molecule has 0 bridgehead atoms. The highest BCUT2D eigenvalue weighted by molar-refractivity contribution is 5.82. The van der Waals surface area contributed by atoms with E-state index in [4.69, 9.17) is 14.2 Å². The summed E-state index contributed by atoms with van der Waals surface area (Å²) in [6.07, 6.45) is 11.9. The molecule has 0 aromatic heterocycles. The lowest BCUT2D eigenvalue weighted by atomic mass is 9.85. The van der Waals surface area contributed by atoms with E-state index in [1.807, 2.05) is 20.8 Å². The molecule has 9 heteroatoms. The third-order valence-electron chi connectivity index (χ3n) is 8.12. The van der Waals surface area contributed by atoms with Gasteiger partial charge >= 0.3 is 12.0 Å². The fraction of sp³-hybridized carbons (Fsp3) is 0.906. The van der Waals surface area contributed by atoms with Crippen LogP contribution in [-0.4, -0.2) is 61.1 Å². The molecular weight excluding hydrogens is 522 g/mol. The minimum atomic E-state index is -0.838. The van der Waals surface area contributed by atoms with E-state index in [9.17, 15) is 14.4 Å². The molecule has 3 amide bonds. The van der Waals surface area contributed by atoms with Gasteiger partial charge in [0.15, 0.2) is 5.79 Å². The number of esters is 1. The number of carbonyl (C=O) groups is 3. The number of nitrogens with one attached hydrogen (secondary N) is 3. The maximum Gasteiger partial charge on any atom is 0.315 e. The second-order valence-electron chi connectivity index (χ2n) is 13.7. The highest BCUT2D eigenvalue weighted by atomic mass is 16.7. The van der Waals surface area contributed by atoms with Crippen LogP contribution in [0, 0.1) is 11.3 Å². The molecule has 9 nitrogen and oxygen atoms in total. The molecule has 0 spiro atoms. The van der Waals surface area contributed by atoms with Gasteiger partial charge in [-0.05, 0) is 52.4 Å². The van der Waals surface area contributed by atoms with Crippen LogP contribution in [0.2, 0.25) is 0 Å². The monoisotopic (exact) mass is 581 g/mol.